The van der Waals surface area contributed by atoms with Crippen molar-refractivity contribution in [3.8, 4) is 0 Å². The molecule has 0 heterocycles. The smallest absolute Gasteiger partial charge is 0.167 e. The van der Waals surface area contributed by atoms with Crippen LogP contribution in [-0.4, -0.2) is 0 Å². The van der Waals surface area contributed by atoms with Crippen LogP contribution in [0, 0.1) is 10.8 Å². The summed E-state index contributed by atoms with van der Waals surface area (Å²) in [4.78, 5) is 0. The van der Waals surface area contributed by atoms with Crippen molar-refractivity contribution >= 4 is 44.6 Å². The second-order valence-electron chi connectivity index (χ2n) is 18.1. The van der Waals surface area contributed by atoms with Gasteiger partial charge in [-0.25, -0.2) is 26.3 Å². The Morgan fingerprint density at radius 2 is 0.347 bits per heavy atom. The van der Waals surface area contributed by atoms with E-state index >= 15 is 26.3 Å². The van der Waals surface area contributed by atoms with Crippen LogP contribution in [0.5, 0.6) is 0 Å². The highest BCUT2D eigenvalue weighted by atomic mass is 19.2. The van der Waals surface area contributed by atoms with Gasteiger partial charge in [-0.1, -0.05) is 243 Å². The van der Waals surface area contributed by atoms with E-state index in [-0.39, 0.29) is 44.5 Å². The third-order valence-corrected chi connectivity index (χ3v) is 14.3. The normalized spacial score (nSPS) is 17.4. The van der Waals surface area contributed by atoms with Crippen LogP contribution in [0.2, 0.25) is 0 Å². The number of benzene rings is 8. The second kappa shape index (κ2) is 17.6. The van der Waals surface area contributed by atoms with Gasteiger partial charge in [-0.05, 0) is 89.1 Å². The van der Waals surface area contributed by atoms with Gasteiger partial charge in [0.15, 0.2) is 23.3 Å². The Kier molecular flexibility index (Phi) is 10.9. The summed E-state index contributed by atoms with van der Waals surface area (Å²) in [7, 11) is 0. The largest absolute Gasteiger partial charge is 0.209 e. The van der Waals surface area contributed by atoms with E-state index in [9.17, 15) is 0 Å². The number of fused-ring (bicyclic) bond motifs is 1. The Bertz CT molecular complexity index is 3270. The van der Waals surface area contributed by atoms with Crippen molar-refractivity contribution in [2.45, 2.75) is 0 Å². The summed E-state index contributed by atoms with van der Waals surface area (Å²) in [5, 5.41) is 0. The molecule has 0 aromatic heterocycles. The molecule has 0 nitrogen and oxygen atoms in total. The average molecular weight is 947 g/mol. The molecule has 8 aromatic carbocycles. The van der Waals surface area contributed by atoms with Gasteiger partial charge in [0.2, 0.25) is 0 Å². The molecular weight excluding hydrogens is 907 g/mol. The maximum absolute atomic E-state index is 19.7. The van der Waals surface area contributed by atoms with Gasteiger partial charge in [0, 0.05) is 0 Å². The van der Waals surface area contributed by atoms with Gasteiger partial charge in [0.25, 0.3) is 0 Å². The Balaban J connectivity index is 1.28. The lowest BCUT2D eigenvalue weighted by molar-refractivity contribution is 0.354. The molecule has 0 atom stereocenters. The van der Waals surface area contributed by atoms with Gasteiger partial charge in [-0.3, -0.25) is 0 Å². The molecule has 0 unspecified atom stereocenters. The van der Waals surface area contributed by atoms with Crippen LogP contribution in [0.15, 0.2) is 289 Å². The van der Waals surface area contributed by atoms with Gasteiger partial charge in [-0.2, -0.15) is 0 Å². The number of halogens is 6. The zero-order valence-electron chi connectivity index (χ0n) is 38.4. The Morgan fingerprint density at radius 1 is 0.181 bits per heavy atom. The van der Waals surface area contributed by atoms with E-state index in [1.807, 2.05) is 0 Å². The fourth-order valence-corrected chi connectivity index (χ4v) is 11.6. The summed E-state index contributed by atoms with van der Waals surface area (Å²) in [6, 6.07) is 69.4. The maximum atomic E-state index is 19.7. The van der Waals surface area contributed by atoms with Crippen LogP contribution in [0.1, 0.15) is 44.5 Å². The van der Waals surface area contributed by atoms with Gasteiger partial charge in [-0.15, -0.1) is 0 Å². The van der Waals surface area contributed by atoms with E-state index in [0.717, 1.165) is 0 Å². The minimum atomic E-state index is -2.93. The minimum absolute atomic E-state index is 0.0639. The van der Waals surface area contributed by atoms with E-state index < -0.39 is 56.9 Å². The molecule has 0 bridgehead atoms. The highest BCUT2D eigenvalue weighted by molar-refractivity contribution is 6.33. The molecule has 0 saturated heterocycles. The van der Waals surface area contributed by atoms with E-state index in [2.05, 4.69) is 0 Å². The lowest BCUT2D eigenvalue weighted by Crippen LogP contribution is -2.35. The number of allylic oxidation sites excluding steroid dienone is 16. The lowest BCUT2D eigenvalue weighted by Gasteiger charge is -2.42. The molecule has 2 spiro atoms. The van der Waals surface area contributed by atoms with Crippen LogP contribution in [0.4, 0.5) is 26.3 Å². The molecule has 6 heteroatoms. The fourth-order valence-electron chi connectivity index (χ4n) is 11.6. The minimum Gasteiger partial charge on any atom is -0.209 e. The van der Waals surface area contributed by atoms with Crippen molar-refractivity contribution in [1.82, 2.24) is 0 Å². The van der Waals surface area contributed by atoms with E-state index in [0.29, 0.717) is 44.5 Å². The molecule has 0 radical (unpaired) electrons. The number of hydrogen-bond acceptors (Lipinski definition) is 0. The van der Waals surface area contributed by atoms with Crippen molar-refractivity contribution in [2.24, 2.45) is 10.8 Å². The molecule has 0 amide bonds. The Hall–Kier alpha value is -8.74. The zero-order valence-corrected chi connectivity index (χ0v) is 38.4. The van der Waals surface area contributed by atoms with Crippen molar-refractivity contribution in [3.63, 3.8) is 0 Å². The molecule has 0 N–H and O–H groups in total. The van der Waals surface area contributed by atoms with Crippen LogP contribution < -0.4 is 0 Å². The first-order chi connectivity index (χ1) is 35.3. The molecular formula is C66H40F6. The van der Waals surface area contributed by atoms with Crippen molar-refractivity contribution < 1.29 is 26.3 Å². The van der Waals surface area contributed by atoms with Crippen LogP contribution in [0.25, 0.3) is 44.6 Å². The van der Waals surface area contributed by atoms with Crippen molar-refractivity contribution in [1.29, 1.82) is 0 Å². The molecule has 4 aliphatic carbocycles. The van der Waals surface area contributed by atoms with Crippen molar-refractivity contribution in [2.75, 3.05) is 0 Å². The summed E-state index contributed by atoms with van der Waals surface area (Å²) in [5.74, 6) is -10.3. The third-order valence-electron chi connectivity index (χ3n) is 14.3. The quantitative estimate of drug-likeness (QED) is 0.133. The van der Waals surface area contributed by atoms with E-state index in [4.69, 9.17) is 0 Å². The predicted molar refractivity (Wildman–Crippen MR) is 278 cm³/mol. The first kappa shape index (κ1) is 44.5. The number of rotatable bonds is 8. The summed E-state index contributed by atoms with van der Waals surface area (Å²) in [6.07, 6.45) is 0. The van der Waals surface area contributed by atoms with Crippen LogP contribution in [-0.2, 0) is 0 Å². The predicted octanol–water partition coefficient (Wildman–Crippen LogP) is 18.2. The van der Waals surface area contributed by atoms with Gasteiger partial charge >= 0.3 is 0 Å². The van der Waals surface area contributed by atoms with Gasteiger partial charge < -0.3 is 0 Å². The fraction of sp³-hybridized carbons (Fsp3) is 0.0303. The van der Waals surface area contributed by atoms with E-state index in [1.165, 1.54) is 0 Å². The zero-order chi connectivity index (χ0) is 49.1. The third kappa shape index (κ3) is 6.34. The van der Waals surface area contributed by atoms with Crippen molar-refractivity contribution in [3.05, 3.63) is 333 Å². The Morgan fingerprint density at radius 3 is 0.528 bits per heavy atom. The van der Waals surface area contributed by atoms with E-state index in [1.54, 1.807) is 243 Å². The molecule has 346 valence electrons. The highest BCUT2D eigenvalue weighted by Gasteiger charge is 2.65. The second-order valence-corrected chi connectivity index (χ2v) is 18.1. The molecule has 8 aromatic rings. The Labute approximate surface area is 413 Å². The topological polar surface area (TPSA) is 0 Å². The summed E-state index contributed by atoms with van der Waals surface area (Å²) in [5.41, 5.74) is -4.29. The molecule has 0 fully saturated rings. The molecule has 0 saturated carbocycles. The first-order valence-electron chi connectivity index (χ1n) is 23.7. The summed E-state index contributed by atoms with van der Waals surface area (Å²) < 4.78 is 116. The maximum Gasteiger partial charge on any atom is 0.167 e. The lowest BCUT2D eigenvalue weighted by atomic mass is 9.60. The van der Waals surface area contributed by atoms with Crippen LogP contribution >= 0.6 is 0 Å². The standard InChI is InChI=1S/C66H40F6/c67-59-54-53(61(69)65(63(59)71)55(45-33-17-5-18-34-45)49(41-25-9-1-10-26-41)50(42-27-11-2-12-28-42)56(65)46-35-19-6-20-36-46)60(68)64(72)66(62(54)70)57(47-37-21-7-22-38-47)51(43-29-13-3-14-30-43)52(44-31-15-4-16-32-44)58(66)48-39-23-8-24-40-48/h1-40H. The molecule has 0 aliphatic heterocycles. The van der Waals surface area contributed by atoms with Gasteiger partial charge in [0.05, 0.1) is 11.1 Å². The monoisotopic (exact) mass is 946 g/mol. The summed E-state index contributed by atoms with van der Waals surface area (Å²) in [6.45, 7) is 0. The number of hydrogen-bond donors (Lipinski definition) is 0. The van der Waals surface area contributed by atoms with Crippen LogP contribution in [0.3, 0.4) is 0 Å². The molecule has 72 heavy (non-hydrogen) atoms. The highest BCUT2D eigenvalue weighted by Crippen LogP contribution is 2.75. The summed E-state index contributed by atoms with van der Waals surface area (Å²) >= 11 is 0. The molecule has 4 aliphatic rings. The molecule has 12 rings (SSSR count). The van der Waals surface area contributed by atoms with Gasteiger partial charge in [0.1, 0.15) is 22.5 Å². The first-order valence-corrected chi connectivity index (χ1v) is 23.7. The average Bonchev–Trinajstić information content (AvgIpc) is 3.97. The SMILES string of the molecule is FC1=C(F)C2(C(F)=C3C(F)=C(F)C4(C(F)=C13)C(c1ccccc1)=C(c1ccccc1)C(c1ccccc1)=C4c1ccccc1)C(c1ccccc1)=C(c1ccccc1)C(c1ccccc1)=C2c1ccccc1.